The third-order valence-electron chi connectivity index (χ3n) is 3.77. The summed E-state index contributed by atoms with van der Waals surface area (Å²) in [6, 6.07) is 11.6. The molecule has 5 nitrogen and oxygen atoms in total. The lowest BCUT2D eigenvalue weighted by molar-refractivity contribution is 0.102. The fourth-order valence-electron chi connectivity index (χ4n) is 2.41. The number of carbonyl (C=O) groups is 1. The molecule has 0 aliphatic heterocycles. The standard InChI is InChI=1S/C18H12ClN3O2/c1-10-15(19)7-6-13-16(10)21-9-14(17(13)23)18(24)22-12-4-2-11(8-20)3-5-12/h2-7,9H,1H3,(H,21,23)(H,22,24). The van der Waals surface area contributed by atoms with Gasteiger partial charge in [0.1, 0.15) is 5.56 Å². The number of nitrogens with one attached hydrogen (secondary N) is 2. The molecule has 0 bridgehead atoms. The van der Waals surface area contributed by atoms with Gasteiger partial charge in [-0.2, -0.15) is 5.26 Å². The van der Waals surface area contributed by atoms with Crippen LogP contribution >= 0.6 is 11.6 Å². The molecule has 0 atom stereocenters. The van der Waals surface area contributed by atoms with Crippen molar-refractivity contribution in [1.29, 1.82) is 5.26 Å². The van der Waals surface area contributed by atoms with E-state index in [0.717, 1.165) is 5.56 Å². The number of nitriles is 1. The van der Waals surface area contributed by atoms with Gasteiger partial charge in [-0.1, -0.05) is 11.6 Å². The number of amides is 1. The predicted molar refractivity (Wildman–Crippen MR) is 93.4 cm³/mol. The summed E-state index contributed by atoms with van der Waals surface area (Å²) in [5, 5.41) is 12.4. The summed E-state index contributed by atoms with van der Waals surface area (Å²) in [4.78, 5) is 27.9. The summed E-state index contributed by atoms with van der Waals surface area (Å²) >= 11 is 6.05. The number of aromatic amines is 1. The molecule has 3 aromatic rings. The summed E-state index contributed by atoms with van der Waals surface area (Å²) in [5.41, 5.74) is 2.01. The number of hydrogen-bond donors (Lipinski definition) is 2. The second-order valence-electron chi connectivity index (χ2n) is 5.27. The largest absolute Gasteiger partial charge is 0.360 e. The van der Waals surface area contributed by atoms with Crippen molar-refractivity contribution in [2.24, 2.45) is 0 Å². The highest BCUT2D eigenvalue weighted by Crippen LogP contribution is 2.22. The van der Waals surface area contributed by atoms with E-state index >= 15 is 0 Å². The zero-order valence-corrected chi connectivity index (χ0v) is 13.4. The van der Waals surface area contributed by atoms with Crippen molar-refractivity contribution in [3.05, 3.63) is 74.5 Å². The van der Waals surface area contributed by atoms with Gasteiger partial charge in [0.05, 0.1) is 17.1 Å². The fourth-order valence-corrected chi connectivity index (χ4v) is 2.57. The number of benzene rings is 2. The molecular weight excluding hydrogens is 326 g/mol. The molecule has 0 saturated heterocycles. The van der Waals surface area contributed by atoms with Crippen molar-refractivity contribution in [3.63, 3.8) is 0 Å². The highest BCUT2D eigenvalue weighted by atomic mass is 35.5. The first kappa shape index (κ1) is 15.8. The van der Waals surface area contributed by atoms with Gasteiger partial charge in [0.2, 0.25) is 5.43 Å². The van der Waals surface area contributed by atoms with Crippen LogP contribution in [0.1, 0.15) is 21.5 Å². The van der Waals surface area contributed by atoms with E-state index in [-0.39, 0.29) is 11.0 Å². The van der Waals surface area contributed by atoms with Crippen molar-refractivity contribution in [2.45, 2.75) is 6.92 Å². The van der Waals surface area contributed by atoms with Crippen LogP contribution in [0.2, 0.25) is 5.02 Å². The van der Waals surface area contributed by atoms with Crippen molar-refractivity contribution in [1.82, 2.24) is 4.98 Å². The zero-order valence-electron chi connectivity index (χ0n) is 12.7. The molecule has 0 spiro atoms. The fraction of sp³-hybridized carbons (Fsp3) is 0.0556. The SMILES string of the molecule is Cc1c(Cl)ccc2c(=O)c(C(=O)Nc3ccc(C#N)cc3)c[nH]c12. The quantitative estimate of drug-likeness (QED) is 0.749. The number of nitrogens with zero attached hydrogens (tertiary/aromatic N) is 1. The zero-order chi connectivity index (χ0) is 17.3. The highest BCUT2D eigenvalue weighted by molar-refractivity contribution is 6.32. The van der Waals surface area contributed by atoms with Crippen LogP contribution in [0.5, 0.6) is 0 Å². The van der Waals surface area contributed by atoms with Gasteiger partial charge in [-0.05, 0) is 48.9 Å². The molecule has 24 heavy (non-hydrogen) atoms. The average Bonchev–Trinajstić information content (AvgIpc) is 2.59. The van der Waals surface area contributed by atoms with Crippen LogP contribution in [0.25, 0.3) is 10.9 Å². The third kappa shape index (κ3) is 2.75. The molecule has 1 aromatic heterocycles. The lowest BCUT2D eigenvalue weighted by Crippen LogP contribution is -2.22. The molecule has 3 rings (SSSR count). The van der Waals surface area contributed by atoms with E-state index in [2.05, 4.69) is 10.3 Å². The Morgan fingerprint density at radius 3 is 2.58 bits per heavy atom. The van der Waals surface area contributed by atoms with Crippen LogP contribution in [0.4, 0.5) is 5.69 Å². The number of carbonyl (C=O) groups excluding carboxylic acids is 1. The first-order chi connectivity index (χ1) is 11.5. The van der Waals surface area contributed by atoms with Crippen LogP contribution in [0.15, 0.2) is 47.4 Å². The predicted octanol–water partition coefficient (Wildman–Crippen LogP) is 3.61. The van der Waals surface area contributed by atoms with Gasteiger partial charge in [0, 0.05) is 22.3 Å². The maximum atomic E-state index is 12.6. The van der Waals surface area contributed by atoms with Crippen LogP contribution in [0.3, 0.4) is 0 Å². The number of aryl methyl sites for hydroxylation is 1. The Kier molecular flexibility index (Phi) is 4.07. The van der Waals surface area contributed by atoms with E-state index in [4.69, 9.17) is 16.9 Å². The van der Waals surface area contributed by atoms with Crippen LogP contribution in [-0.4, -0.2) is 10.9 Å². The van der Waals surface area contributed by atoms with Crippen molar-refractivity contribution < 1.29 is 4.79 Å². The number of halogens is 1. The Hall–Kier alpha value is -3.10. The minimum Gasteiger partial charge on any atom is -0.360 e. The average molecular weight is 338 g/mol. The molecule has 2 aromatic carbocycles. The maximum Gasteiger partial charge on any atom is 0.261 e. The summed E-state index contributed by atoms with van der Waals surface area (Å²) in [6.07, 6.45) is 1.38. The Morgan fingerprint density at radius 1 is 1.21 bits per heavy atom. The molecule has 0 aliphatic carbocycles. The Labute approximate surface area is 142 Å². The summed E-state index contributed by atoms with van der Waals surface area (Å²) < 4.78 is 0. The number of aromatic nitrogens is 1. The molecule has 118 valence electrons. The van der Waals surface area contributed by atoms with E-state index in [1.54, 1.807) is 43.3 Å². The second kappa shape index (κ2) is 6.19. The van der Waals surface area contributed by atoms with E-state index in [1.807, 2.05) is 6.07 Å². The molecule has 2 N–H and O–H groups in total. The number of rotatable bonds is 2. The van der Waals surface area contributed by atoms with Gasteiger partial charge in [-0.15, -0.1) is 0 Å². The molecule has 0 aliphatic rings. The van der Waals surface area contributed by atoms with Crippen LogP contribution < -0.4 is 10.7 Å². The maximum absolute atomic E-state index is 12.6. The number of pyridine rings is 1. The summed E-state index contributed by atoms with van der Waals surface area (Å²) in [7, 11) is 0. The van der Waals surface area contributed by atoms with Crippen molar-refractivity contribution in [3.8, 4) is 6.07 Å². The number of hydrogen-bond acceptors (Lipinski definition) is 3. The number of anilines is 1. The Morgan fingerprint density at radius 2 is 1.92 bits per heavy atom. The van der Waals surface area contributed by atoms with E-state index in [9.17, 15) is 9.59 Å². The first-order valence-corrected chi connectivity index (χ1v) is 7.51. The third-order valence-corrected chi connectivity index (χ3v) is 4.17. The molecule has 6 heteroatoms. The minimum atomic E-state index is -0.518. The normalized spacial score (nSPS) is 10.4. The van der Waals surface area contributed by atoms with Crippen molar-refractivity contribution >= 4 is 34.1 Å². The number of H-pyrrole nitrogens is 1. The van der Waals surface area contributed by atoms with Gasteiger partial charge in [0.25, 0.3) is 5.91 Å². The molecule has 0 unspecified atom stereocenters. The summed E-state index contributed by atoms with van der Waals surface area (Å²) in [6.45, 7) is 1.80. The second-order valence-corrected chi connectivity index (χ2v) is 5.68. The van der Waals surface area contributed by atoms with E-state index in [1.165, 1.54) is 6.20 Å². The first-order valence-electron chi connectivity index (χ1n) is 7.13. The topological polar surface area (TPSA) is 85.8 Å². The molecule has 0 radical (unpaired) electrons. The highest BCUT2D eigenvalue weighted by Gasteiger charge is 2.14. The van der Waals surface area contributed by atoms with Crippen molar-refractivity contribution in [2.75, 3.05) is 5.32 Å². The van der Waals surface area contributed by atoms with E-state index < -0.39 is 5.91 Å². The lowest BCUT2D eigenvalue weighted by Gasteiger charge is -2.08. The van der Waals surface area contributed by atoms with Crippen LogP contribution in [-0.2, 0) is 0 Å². The smallest absolute Gasteiger partial charge is 0.261 e. The molecule has 1 heterocycles. The van der Waals surface area contributed by atoms with E-state index in [0.29, 0.717) is 27.2 Å². The van der Waals surface area contributed by atoms with Gasteiger partial charge < -0.3 is 10.3 Å². The van der Waals surface area contributed by atoms with Gasteiger partial charge in [0.15, 0.2) is 0 Å². The molecule has 1 amide bonds. The van der Waals surface area contributed by atoms with Gasteiger partial charge in [-0.3, -0.25) is 9.59 Å². The van der Waals surface area contributed by atoms with Gasteiger partial charge in [-0.25, -0.2) is 0 Å². The van der Waals surface area contributed by atoms with Gasteiger partial charge >= 0.3 is 0 Å². The number of fused-ring (bicyclic) bond motifs is 1. The molecule has 0 fully saturated rings. The Balaban J connectivity index is 1.98. The molecule has 0 saturated carbocycles. The lowest BCUT2D eigenvalue weighted by atomic mass is 10.1. The minimum absolute atomic E-state index is 0.00795. The summed E-state index contributed by atoms with van der Waals surface area (Å²) in [5.74, 6) is -0.518. The van der Waals surface area contributed by atoms with Crippen LogP contribution in [0, 0.1) is 18.3 Å². The molecular formula is C18H12ClN3O2. The Bertz CT molecular complexity index is 1050. The monoisotopic (exact) mass is 337 g/mol.